The number of nitrogens with zero attached hydrogens (tertiary/aromatic N) is 4. The molecule has 0 aromatic carbocycles. The summed E-state index contributed by atoms with van der Waals surface area (Å²) in [6, 6.07) is 1.65. The lowest BCUT2D eigenvalue weighted by Crippen LogP contribution is -2.04. The summed E-state index contributed by atoms with van der Waals surface area (Å²) < 4.78 is 13.2. The van der Waals surface area contributed by atoms with Gasteiger partial charge in [0.15, 0.2) is 17.5 Å². The molecule has 0 saturated heterocycles. The fraction of sp³-hybridized carbons (Fsp3) is 0.200. The van der Waals surface area contributed by atoms with E-state index >= 15 is 0 Å². The van der Waals surface area contributed by atoms with E-state index in [0.29, 0.717) is 17.3 Å². The normalized spacial score (nSPS) is 10.4. The van der Waals surface area contributed by atoms with Crippen LogP contribution in [0, 0.1) is 19.7 Å². The second-order valence-electron chi connectivity index (χ2n) is 3.32. The SMILES string of the molecule is Cc1nccc(-c2nc(C)c(F)c(N)n2)n1. The highest BCUT2D eigenvalue weighted by molar-refractivity contribution is 5.51. The summed E-state index contributed by atoms with van der Waals surface area (Å²) in [6.45, 7) is 3.29. The van der Waals surface area contributed by atoms with Crippen LogP contribution in [0.5, 0.6) is 0 Å². The number of aryl methyl sites for hydroxylation is 2. The van der Waals surface area contributed by atoms with E-state index in [1.807, 2.05) is 0 Å². The number of aromatic nitrogens is 4. The summed E-state index contributed by atoms with van der Waals surface area (Å²) in [5.41, 5.74) is 6.16. The number of rotatable bonds is 1. The quantitative estimate of drug-likeness (QED) is 0.781. The Hall–Kier alpha value is -2.11. The molecule has 0 radical (unpaired) electrons. The highest BCUT2D eigenvalue weighted by Crippen LogP contribution is 2.17. The molecule has 82 valence electrons. The molecule has 2 aromatic rings. The van der Waals surface area contributed by atoms with Crippen molar-refractivity contribution >= 4 is 5.82 Å². The Bertz CT molecular complexity index is 517. The van der Waals surface area contributed by atoms with E-state index in [4.69, 9.17) is 5.73 Å². The summed E-state index contributed by atoms with van der Waals surface area (Å²) in [5, 5.41) is 0. The third-order valence-electron chi connectivity index (χ3n) is 2.05. The van der Waals surface area contributed by atoms with E-state index in [-0.39, 0.29) is 11.5 Å². The first-order valence-electron chi connectivity index (χ1n) is 4.67. The van der Waals surface area contributed by atoms with Crippen LogP contribution in [0.4, 0.5) is 10.2 Å². The van der Waals surface area contributed by atoms with Crippen LogP contribution in [-0.4, -0.2) is 19.9 Å². The minimum absolute atomic E-state index is 0.168. The molecule has 2 N–H and O–H groups in total. The van der Waals surface area contributed by atoms with E-state index < -0.39 is 5.82 Å². The summed E-state index contributed by atoms with van der Waals surface area (Å²) in [5.74, 6) is 0.150. The average molecular weight is 219 g/mol. The van der Waals surface area contributed by atoms with Gasteiger partial charge in [-0.15, -0.1) is 0 Å². The van der Waals surface area contributed by atoms with Crippen molar-refractivity contribution in [3.63, 3.8) is 0 Å². The summed E-state index contributed by atoms with van der Waals surface area (Å²) in [4.78, 5) is 15.9. The lowest BCUT2D eigenvalue weighted by molar-refractivity contribution is 0.608. The Labute approximate surface area is 91.6 Å². The number of halogens is 1. The molecule has 0 saturated carbocycles. The molecule has 0 atom stereocenters. The molecule has 0 bridgehead atoms. The summed E-state index contributed by atoms with van der Waals surface area (Å²) in [6.07, 6.45) is 1.59. The van der Waals surface area contributed by atoms with Crippen molar-refractivity contribution in [3.8, 4) is 11.5 Å². The minimum atomic E-state index is -0.588. The van der Waals surface area contributed by atoms with Gasteiger partial charge >= 0.3 is 0 Å². The third kappa shape index (κ3) is 1.81. The van der Waals surface area contributed by atoms with Crippen molar-refractivity contribution in [1.29, 1.82) is 0 Å². The third-order valence-corrected chi connectivity index (χ3v) is 2.05. The van der Waals surface area contributed by atoms with Crippen LogP contribution in [0.15, 0.2) is 12.3 Å². The van der Waals surface area contributed by atoms with Crippen molar-refractivity contribution < 1.29 is 4.39 Å². The van der Waals surface area contributed by atoms with Crippen LogP contribution in [0.1, 0.15) is 11.5 Å². The van der Waals surface area contributed by atoms with Gasteiger partial charge < -0.3 is 5.73 Å². The van der Waals surface area contributed by atoms with Crippen molar-refractivity contribution in [2.75, 3.05) is 5.73 Å². The van der Waals surface area contributed by atoms with Gasteiger partial charge in [0.05, 0.1) is 5.69 Å². The van der Waals surface area contributed by atoms with Gasteiger partial charge in [0.25, 0.3) is 0 Å². The van der Waals surface area contributed by atoms with Gasteiger partial charge in [-0.1, -0.05) is 0 Å². The molecule has 16 heavy (non-hydrogen) atoms. The molecular formula is C10H10FN5. The highest BCUT2D eigenvalue weighted by atomic mass is 19.1. The maximum Gasteiger partial charge on any atom is 0.186 e. The topological polar surface area (TPSA) is 77.6 Å². The molecule has 2 aromatic heterocycles. The van der Waals surface area contributed by atoms with E-state index in [0.717, 1.165) is 0 Å². The lowest BCUT2D eigenvalue weighted by Gasteiger charge is -2.04. The van der Waals surface area contributed by atoms with Gasteiger partial charge in [0.2, 0.25) is 0 Å². The molecule has 2 rings (SSSR count). The summed E-state index contributed by atoms with van der Waals surface area (Å²) >= 11 is 0. The summed E-state index contributed by atoms with van der Waals surface area (Å²) in [7, 11) is 0. The fourth-order valence-corrected chi connectivity index (χ4v) is 1.28. The van der Waals surface area contributed by atoms with Crippen molar-refractivity contribution in [1.82, 2.24) is 19.9 Å². The molecule has 0 spiro atoms. The number of hydrogen-bond acceptors (Lipinski definition) is 5. The predicted molar refractivity (Wildman–Crippen MR) is 56.9 cm³/mol. The smallest absolute Gasteiger partial charge is 0.186 e. The molecule has 6 heteroatoms. The highest BCUT2D eigenvalue weighted by Gasteiger charge is 2.10. The number of nitrogens with two attached hydrogens (primary N) is 1. The zero-order valence-corrected chi connectivity index (χ0v) is 8.90. The molecule has 5 nitrogen and oxygen atoms in total. The van der Waals surface area contributed by atoms with E-state index in [9.17, 15) is 4.39 Å². The zero-order valence-electron chi connectivity index (χ0n) is 8.90. The number of nitrogen functional groups attached to an aromatic ring is 1. The van der Waals surface area contributed by atoms with Crippen LogP contribution in [-0.2, 0) is 0 Å². The van der Waals surface area contributed by atoms with Crippen molar-refractivity contribution in [2.24, 2.45) is 0 Å². The van der Waals surface area contributed by atoms with Crippen LogP contribution in [0.3, 0.4) is 0 Å². The van der Waals surface area contributed by atoms with Crippen molar-refractivity contribution in [3.05, 3.63) is 29.6 Å². The number of anilines is 1. The first kappa shape index (κ1) is 10.4. The molecule has 0 amide bonds. The Morgan fingerprint density at radius 3 is 2.56 bits per heavy atom. The Morgan fingerprint density at radius 1 is 1.19 bits per heavy atom. The van der Waals surface area contributed by atoms with Crippen LogP contribution < -0.4 is 5.73 Å². The maximum atomic E-state index is 13.2. The van der Waals surface area contributed by atoms with Crippen LogP contribution >= 0.6 is 0 Å². The Kier molecular flexibility index (Phi) is 2.47. The molecule has 0 aliphatic rings. The van der Waals surface area contributed by atoms with Gasteiger partial charge in [0, 0.05) is 6.20 Å². The number of hydrogen-bond donors (Lipinski definition) is 1. The largest absolute Gasteiger partial charge is 0.381 e. The predicted octanol–water partition coefficient (Wildman–Crippen LogP) is 1.27. The standard InChI is InChI=1S/C10H10FN5/c1-5-8(11)9(12)16-10(14-5)7-3-4-13-6(2)15-7/h3-4H,1-2H3,(H2,12,14,16). The van der Waals surface area contributed by atoms with E-state index in [2.05, 4.69) is 19.9 Å². The van der Waals surface area contributed by atoms with Gasteiger partial charge in [-0.3, -0.25) is 0 Å². The molecule has 0 aliphatic carbocycles. The maximum absolute atomic E-state index is 13.2. The van der Waals surface area contributed by atoms with E-state index in [1.165, 1.54) is 6.92 Å². The Morgan fingerprint density at radius 2 is 1.94 bits per heavy atom. The molecule has 0 unspecified atom stereocenters. The van der Waals surface area contributed by atoms with Gasteiger partial charge in [0.1, 0.15) is 11.5 Å². The van der Waals surface area contributed by atoms with Crippen LogP contribution in [0.2, 0.25) is 0 Å². The molecule has 0 fully saturated rings. The molecule has 0 aliphatic heterocycles. The second-order valence-corrected chi connectivity index (χ2v) is 3.32. The first-order chi connectivity index (χ1) is 7.58. The first-order valence-corrected chi connectivity index (χ1v) is 4.67. The monoisotopic (exact) mass is 219 g/mol. The van der Waals surface area contributed by atoms with Gasteiger partial charge in [-0.2, -0.15) is 0 Å². The Balaban J connectivity index is 2.57. The fourth-order valence-electron chi connectivity index (χ4n) is 1.28. The minimum Gasteiger partial charge on any atom is -0.381 e. The van der Waals surface area contributed by atoms with Gasteiger partial charge in [-0.05, 0) is 19.9 Å². The average Bonchev–Trinajstić information content (AvgIpc) is 2.25. The van der Waals surface area contributed by atoms with E-state index in [1.54, 1.807) is 19.2 Å². The second kappa shape index (κ2) is 3.80. The molecular weight excluding hydrogens is 209 g/mol. The van der Waals surface area contributed by atoms with Crippen LogP contribution in [0.25, 0.3) is 11.5 Å². The van der Waals surface area contributed by atoms with Gasteiger partial charge in [-0.25, -0.2) is 24.3 Å². The molecule has 2 heterocycles. The zero-order chi connectivity index (χ0) is 11.7. The van der Waals surface area contributed by atoms with Crippen molar-refractivity contribution in [2.45, 2.75) is 13.8 Å². The lowest BCUT2D eigenvalue weighted by atomic mass is 10.3.